The van der Waals surface area contributed by atoms with Crippen molar-refractivity contribution in [2.75, 3.05) is 6.54 Å². The summed E-state index contributed by atoms with van der Waals surface area (Å²) in [4.78, 5) is 0. The molecule has 2 aromatic rings. The lowest BCUT2D eigenvalue weighted by molar-refractivity contribution is -0.138. The summed E-state index contributed by atoms with van der Waals surface area (Å²) in [5.74, 6) is 0. The lowest BCUT2D eigenvalue weighted by atomic mass is 10.0. The third-order valence-electron chi connectivity index (χ3n) is 4.00. The second kappa shape index (κ2) is 7.37. The molecule has 1 atom stereocenters. The van der Waals surface area contributed by atoms with Crippen LogP contribution in [0.4, 0.5) is 18.9 Å². The number of nitrogens with one attached hydrogen (secondary N) is 1. The van der Waals surface area contributed by atoms with E-state index in [2.05, 4.69) is 18.2 Å². The van der Waals surface area contributed by atoms with E-state index in [1.54, 1.807) is 6.07 Å². The number of aryl methyl sites for hydroxylation is 3. The molecule has 0 spiro atoms. The minimum atomic E-state index is -4.40. The Morgan fingerprint density at radius 3 is 2.20 bits per heavy atom. The summed E-state index contributed by atoms with van der Waals surface area (Å²) < 4.78 is 38.2. The van der Waals surface area contributed by atoms with Crippen LogP contribution in [0.25, 0.3) is 0 Å². The number of thiol groups is 1. The van der Waals surface area contributed by atoms with Gasteiger partial charge in [0.2, 0.25) is 5.69 Å². The molecule has 2 N–H and O–H groups in total. The fourth-order valence-electron chi connectivity index (χ4n) is 3.10. The molecular formula is C18H22F3N2OS+. The highest BCUT2D eigenvalue weighted by Gasteiger charge is 2.33. The molecule has 2 aromatic carbocycles. The number of alkyl halides is 3. The van der Waals surface area contributed by atoms with Gasteiger partial charge >= 0.3 is 6.18 Å². The van der Waals surface area contributed by atoms with Gasteiger partial charge in [0, 0.05) is 11.1 Å². The first-order valence-electron chi connectivity index (χ1n) is 7.85. The monoisotopic (exact) mass is 371 g/mol. The molecule has 0 fully saturated rings. The predicted molar refractivity (Wildman–Crippen MR) is 96.4 cm³/mol. The van der Waals surface area contributed by atoms with E-state index in [0.29, 0.717) is 5.69 Å². The number of hydrogen-bond acceptors (Lipinski definition) is 3. The Labute approximate surface area is 151 Å². The van der Waals surface area contributed by atoms with Crippen LogP contribution in [0.2, 0.25) is 0 Å². The normalized spacial score (nSPS) is 14.4. The highest BCUT2D eigenvalue weighted by Crippen LogP contribution is 2.33. The molecule has 0 heterocycles. The van der Waals surface area contributed by atoms with Gasteiger partial charge in [0.15, 0.2) is 0 Å². The zero-order chi connectivity index (χ0) is 18.8. The van der Waals surface area contributed by atoms with Crippen molar-refractivity contribution >= 4 is 18.5 Å². The molecular weight excluding hydrogens is 349 g/mol. The summed E-state index contributed by atoms with van der Waals surface area (Å²) in [6.07, 6.45) is -4.28. The van der Waals surface area contributed by atoms with Crippen LogP contribution in [0.5, 0.6) is 0 Å². The van der Waals surface area contributed by atoms with E-state index in [-0.39, 0.29) is 18.5 Å². The number of hydrogen-bond donors (Lipinski definition) is 3. The van der Waals surface area contributed by atoms with E-state index in [1.807, 2.05) is 32.9 Å². The molecule has 0 aromatic heterocycles. The molecule has 0 saturated carbocycles. The van der Waals surface area contributed by atoms with Crippen LogP contribution in [0.15, 0.2) is 36.4 Å². The fraction of sp³-hybridized carbons (Fsp3) is 0.333. The van der Waals surface area contributed by atoms with Crippen LogP contribution in [0.1, 0.15) is 27.8 Å². The molecule has 0 amide bonds. The summed E-state index contributed by atoms with van der Waals surface area (Å²) in [5.41, 5.74) is 5.63. The van der Waals surface area contributed by atoms with E-state index in [4.69, 9.17) is 0 Å². The Kier molecular flexibility index (Phi) is 5.83. The summed E-state index contributed by atoms with van der Waals surface area (Å²) in [7, 11) is 0. The van der Waals surface area contributed by atoms with Gasteiger partial charge in [0.1, 0.15) is 12.8 Å². The quantitative estimate of drug-likeness (QED) is 0.396. The highest BCUT2D eigenvalue weighted by atomic mass is 32.1. The molecule has 0 aliphatic rings. The molecule has 1 unspecified atom stereocenters. The van der Waals surface area contributed by atoms with Crippen LogP contribution < -0.4 is 9.59 Å². The first-order valence-corrected chi connectivity index (χ1v) is 8.25. The number of halogens is 3. The maximum Gasteiger partial charge on any atom is 0.416 e. The van der Waals surface area contributed by atoms with Crippen LogP contribution >= 0.6 is 12.8 Å². The molecule has 25 heavy (non-hydrogen) atoms. The molecule has 0 aliphatic heterocycles. The van der Waals surface area contributed by atoms with Crippen molar-refractivity contribution in [2.24, 2.45) is 0 Å². The van der Waals surface area contributed by atoms with Gasteiger partial charge in [-0.3, -0.25) is 0 Å². The zero-order valence-electron chi connectivity index (χ0n) is 14.4. The Bertz CT molecular complexity index is 737. The van der Waals surface area contributed by atoms with Gasteiger partial charge < -0.3 is 0 Å². The molecule has 0 bridgehead atoms. The highest BCUT2D eigenvalue weighted by molar-refractivity contribution is 7.79. The van der Waals surface area contributed by atoms with Crippen molar-refractivity contribution in [3.8, 4) is 0 Å². The number of nitrogens with zero attached hydrogens (tertiary/aromatic N) is 1. The SMILES string of the molecule is Cc1cc(C)c([N+](O)(S)NCCc2ccccc2C(F)(F)F)c(C)c1. The van der Waals surface area contributed by atoms with E-state index < -0.39 is 15.9 Å². The Hall–Kier alpha value is -1.54. The van der Waals surface area contributed by atoms with E-state index >= 15 is 0 Å². The number of quaternary nitrogens is 1. The first-order chi connectivity index (χ1) is 11.5. The first kappa shape index (κ1) is 19.8. The van der Waals surface area contributed by atoms with Gasteiger partial charge in [-0.2, -0.15) is 18.4 Å². The molecule has 136 valence electrons. The second-order valence-electron chi connectivity index (χ2n) is 6.16. The third-order valence-corrected chi connectivity index (χ3v) is 4.34. The topological polar surface area (TPSA) is 32.3 Å². The average molecular weight is 371 g/mol. The minimum absolute atomic E-state index is 0.112. The maximum atomic E-state index is 13.0. The van der Waals surface area contributed by atoms with Crippen LogP contribution in [0, 0.1) is 20.8 Å². The van der Waals surface area contributed by atoms with Crippen molar-refractivity contribution in [3.63, 3.8) is 0 Å². The molecule has 0 aliphatic carbocycles. The Balaban J connectivity index is 2.15. The van der Waals surface area contributed by atoms with E-state index in [0.717, 1.165) is 22.8 Å². The number of rotatable bonds is 5. The summed E-state index contributed by atoms with van der Waals surface area (Å²) in [5, 5.41) is 10.6. The maximum absolute atomic E-state index is 13.0. The average Bonchev–Trinajstić information content (AvgIpc) is 2.44. The van der Waals surface area contributed by atoms with Crippen molar-refractivity contribution in [2.45, 2.75) is 33.4 Å². The molecule has 3 nitrogen and oxygen atoms in total. The lowest BCUT2D eigenvalue weighted by Gasteiger charge is -2.25. The molecule has 0 radical (unpaired) electrons. The minimum Gasteiger partial charge on any atom is -0.178 e. The van der Waals surface area contributed by atoms with Crippen LogP contribution in [-0.2, 0) is 12.6 Å². The van der Waals surface area contributed by atoms with Gasteiger partial charge in [-0.05, 0) is 43.0 Å². The van der Waals surface area contributed by atoms with Gasteiger partial charge in [0.25, 0.3) is 0 Å². The van der Waals surface area contributed by atoms with E-state index in [1.165, 1.54) is 12.1 Å². The smallest absolute Gasteiger partial charge is 0.178 e. The van der Waals surface area contributed by atoms with Crippen molar-refractivity contribution < 1.29 is 18.4 Å². The predicted octanol–water partition coefficient (Wildman–Crippen LogP) is 4.92. The summed E-state index contributed by atoms with van der Waals surface area (Å²) in [6.45, 7) is 5.79. The number of benzene rings is 2. The van der Waals surface area contributed by atoms with Crippen LogP contribution in [-0.4, -0.2) is 11.8 Å². The van der Waals surface area contributed by atoms with Crippen molar-refractivity contribution in [3.05, 3.63) is 64.2 Å². The van der Waals surface area contributed by atoms with Gasteiger partial charge in [-0.1, -0.05) is 35.9 Å². The van der Waals surface area contributed by atoms with Crippen molar-refractivity contribution in [1.29, 1.82) is 0 Å². The molecule has 0 saturated heterocycles. The fourth-order valence-corrected chi connectivity index (χ4v) is 3.52. The lowest BCUT2D eigenvalue weighted by Crippen LogP contribution is -2.50. The Morgan fingerprint density at radius 2 is 1.64 bits per heavy atom. The largest absolute Gasteiger partial charge is 0.416 e. The van der Waals surface area contributed by atoms with Crippen molar-refractivity contribution in [1.82, 2.24) is 9.59 Å². The van der Waals surface area contributed by atoms with Gasteiger partial charge in [-0.15, -0.1) is 5.43 Å². The standard InChI is InChI=1S/C18H22F3N2OS/c1-12-10-13(2)17(14(3)11-12)23(24,25)22-9-8-15-6-4-5-7-16(15)18(19,20)21/h4-7,10-11,22,24-25H,8-9H2,1-3H3/q+1. The summed E-state index contributed by atoms with van der Waals surface area (Å²) in [6, 6.07) is 9.28. The van der Waals surface area contributed by atoms with Gasteiger partial charge in [0.05, 0.1) is 12.1 Å². The second-order valence-corrected chi connectivity index (χ2v) is 6.74. The molecule has 2 rings (SSSR count). The summed E-state index contributed by atoms with van der Waals surface area (Å²) >= 11 is 4.24. The van der Waals surface area contributed by atoms with Crippen LogP contribution in [0.3, 0.4) is 0 Å². The molecule has 7 heteroatoms. The Morgan fingerprint density at radius 1 is 1.08 bits per heavy atom. The van der Waals surface area contributed by atoms with Gasteiger partial charge in [-0.25, -0.2) is 0 Å². The third kappa shape index (κ3) is 4.76. The van der Waals surface area contributed by atoms with E-state index in [9.17, 15) is 18.4 Å². The zero-order valence-corrected chi connectivity index (χ0v) is 15.2.